The molecule has 2 rings (SSSR count). The van der Waals surface area contributed by atoms with Crippen LogP contribution in [-0.4, -0.2) is 60.5 Å². The number of nitrogens with zero attached hydrogens (tertiary/aromatic N) is 2. The third-order valence-electron chi connectivity index (χ3n) is 6.68. The molecule has 0 unspecified atom stereocenters. The number of carbonyl (C=O) groups is 1. The highest BCUT2D eigenvalue weighted by Gasteiger charge is 2.40. The van der Waals surface area contributed by atoms with Crippen LogP contribution in [0.3, 0.4) is 0 Å². The molecule has 0 aromatic heterocycles. The van der Waals surface area contributed by atoms with Gasteiger partial charge in [0.15, 0.2) is 5.78 Å². The van der Waals surface area contributed by atoms with Gasteiger partial charge in [-0.3, -0.25) is 9.69 Å². The van der Waals surface area contributed by atoms with E-state index >= 15 is 0 Å². The molecule has 0 radical (unpaired) electrons. The molecule has 1 fully saturated rings. The largest absolute Gasteiger partial charge is 0.372 e. The Morgan fingerprint density at radius 1 is 1.34 bits per heavy atom. The van der Waals surface area contributed by atoms with Crippen LogP contribution in [0.5, 0.6) is 0 Å². The third-order valence-corrected chi connectivity index (χ3v) is 6.68. The molecular weight excluding hydrogens is 396 g/mol. The summed E-state index contributed by atoms with van der Waals surface area (Å²) in [6.45, 7) is 16.9. The van der Waals surface area contributed by atoms with Crippen LogP contribution in [0.4, 0.5) is 0 Å². The van der Waals surface area contributed by atoms with E-state index in [-0.39, 0.29) is 11.4 Å². The minimum atomic E-state index is -0.600. The fourth-order valence-corrected chi connectivity index (χ4v) is 4.50. The molecule has 4 nitrogen and oxygen atoms in total. The lowest BCUT2D eigenvalue weighted by Gasteiger charge is -2.40. The van der Waals surface area contributed by atoms with Crippen molar-refractivity contribution in [2.75, 3.05) is 33.8 Å². The predicted octanol–water partition coefficient (Wildman–Crippen LogP) is 5.29. The van der Waals surface area contributed by atoms with Crippen molar-refractivity contribution in [3.05, 3.63) is 47.2 Å². The molecule has 176 valence electrons. The first kappa shape index (κ1) is 26.2. The van der Waals surface area contributed by atoms with Crippen LogP contribution >= 0.6 is 0 Å². The van der Waals surface area contributed by atoms with E-state index in [0.29, 0.717) is 25.0 Å². The number of allylic oxidation sites excluding steroid dienone is 5. The summed E-state index contributed by atoms with van der Waals surface area (Å²) in [4.78, 5) is 18.3. The van der Waals surface area contributed by atoms with E-state index in [9.17, 15) is 4.79 Å². The standard InChI is InChI=1S/C28H42N2O2/c1-9-23(15-14-22(3)4)20-28(10-2,29(7)8)26(31)24-12-11-13-25(17-16-24)30-18-19-32-27(5,6)21-30/h9,16-17H,3,10,13-15,18-21H2,1-2,4-8H3/b23-9+/t28-/m1/s1. The van der Waals surface area contributed by atoms with E-state index in [1.165, 1.54) is 16.8 Å². The van der Waals surface area contributed by atoms with Crippen LogP contribution in [0.1, 0.15) is 66.7 Å². The van der Waals surface area contributed by atoms with Crippen LogP contribution in [0, 0.1) is 11.8 Å². The highest BCUT2D eigenvalue weighted by molar-refractivity contribution is 6.06. The van der Waals surface area contributed by atoms with E-state index in [2.05, 4.69) is 75.0 Å². The highest BCUT2D eigenvalue weighted by atomic mass is 16.5. The maximum absolute atomic E-state index is 13.9. The Labute approximate surface area is 196 Å². The summed E-state index contributed by atoms with van der Waals surface area (Å²) in [6, 6.07) is 0. The molecule has 32 heavy (non-hydrogen) atoms. The number of rotatable bonds is 10. The maximum Gasteiger partial charge on any atom is 0.191 e. The van der Waals surface area contributed by atoms with Crippen LogP contribution in [0.25, 0.3) is 0 Å². The number of morpholine rings is 1. The summed E-state index contributed by atoms with van der Waals surface area (Å²) < 4.78 is 5.85. The Bertz CT molecular complexity index is 864. The number of ketones is 1. The van der Waals surface area contributed by atoms with Gasteiger partial charge in [0.25, 0.3) is 0 Å². The third kappa shape index (κ3) is 6.47. The second-order valence-electron chi connectivity index (χ2n) is 9.94. The average Bonchev–Trinajstić information content (AvgIpc) is 2.99. The summed E-state index contributed by atoms with van der Waals surface area (Å²) >= 11 is 0. The summed E-state index contributed by atoms with van der Waals surface area (Å²) in [5.41, 5.74) is 3.47. The van der Waals surface area contributed by atoms with E-state index in [1.54, 1.807) is 0 Å². The van der Waals surface area contributed by atoms with Gasteiger partial charge in [-0.15, -0.1) is 6.58 Å². The Morgan fingerprint density at radius 3 is 2.62 bits per heavy atom. The van der Waals surface area contributed by atoms with Gasteiger partial charge in [0.05, 0.1) is 23.3 Å². The topological polar surface area (TPSA) is 32.8 Å². The van der Waals surface area contributed by atoms with Crippen molar-refractivity contribution < 1.29 is 9.53 Å². The Kier molecular flexibility index (Phi) is 9.13. The van der Waals surface area contributed by atoms with E-state index in [4.69, 9.17) is 4.74 Å². The molecule has 0 aromatic rings. The van der Waals surface area contributed by atoms with Crippen molar-refractivity contribution in [2.24, 2.45) is 0 Å². The van der Waals surface area contributed by atoms with Crippen LogP contribution in [-0.2, 0) is 9.53 Å². The second-order valence-corrected chi connectivity index (χ2v) is 9.94. The lowest BCUT2D eigenvalue weighted by atomic mass is 9.78. The van der Waals surface area contributed by atoms with Gasteiger partial charge in [0.2, 0.25) is 0 Å². The van der Waals surface area contributed by atoms with E-state index in [1.807, 2.05) is 20.2 Å². The van der Waals surface area contributed by atoms with Crippen molar-refractivity contribution in [1.29, 1.82) is 0 Å². The lowest BCUT2D eigenvalue weighted by Crippen LogP contribution is -2.51. The highest BCUT2D eigenvalue weighted by Crippen LogP contribution is 2.32. The van der Waals surface area contributed by atoms with Crippen molar-refractivity contribution in [3.8, 4) is 11.8 Å². The first-order valence-corrected chi connectivity index (χ1v) is 11.8. The van der Waals surface area contributed by atoms with Crippen LogP contribution in [0.15, 0.2) is 47.2 Å². The molecule has 0 bridgehead atoms. The van der Waals surface area contributed by atoms with Gasteiger partial charge in [-0.05, 0) is 79.6 Å². The molecule has 1 atom stereocenters. The number of hydrogen-bond acceptors (Lipinski definition) is 4. The van der Waals surface area contributed by atoms with Crippen molar-refractivity contribution in [2.45, 2.75) is 77.9 Å². The van der Waals surface area contributed by atoms with Gasteiger partial charge < -0.3 is 9.64 Å². The molecule has 1 saturated heterocycles. The SMILES string of the molecule is C=C(C)CC/C(=C\C)C[C@](CC)(C(=O)C1=CC=C(N2CCOC(C)(C)C2)CC#C1)N(C)C. The summed E-state index contributed by atoms with van der Waals surface area (Å²) in [5.74, 6) is 6.58. The molecule has 0 N–H and O–H groups in total. The number of carbonyl (C=O) groups excluding carboxylic acids is 1. The van der Waals surface area contributed by atoms with Crippen LogP contribution in [0.2, 0.25) is 0 Å². The van der Waals surface area contributed by atoms with Gasteiger partial charge in [0, 0.05) is 25.2 Å². The van der Waals surface area contributed by atoms with Gasteiger partial charge in [-0.2, -0.15) is 0 Å². The van der Waals surface area contributed by atoms with Crippen molar-refractivity contribution in [3.63, 3.8) is 0 Å². The van der Waals surface area contributed by atoms with E-state index < -0.39 is 5.54 Å². The van der Waals surface area contributed by atoms with E-state index in [0.717, 1.165) is 32.4 Å². The zero-order valence-corrected chi connectivity index (χ0v) is 21.3. The smallest absolute Gasteiger partial charge is 0.191 e. The average molecular weight is 439 g/mol. The van der Waals surface area contributed by atoms with Gasteiger partial charge >= 0.3 is 0 Å². The van der Waals surface area contributed by atoms with Gasteiger partial charge in [-0.1, -0.05) is 36.0 Å². The molecular formula is C28H42N2O2. The summed E-state index contributed by atoms with van der Waals surface area (Å²) in [6.07, 6.45) is 10.2. The number of likely N-dealkylation sites (N-methyl/N-ethyl adjacent to an activating group) is 1. The van der Waals surface area contributed by atoms with Crippen LogP contribution < -0.4 is 0 Å². The first-order chi connectivity index (χ1) is 15.0. The Morgan fingerprint density at radius 2 is 2.06 bits per heavy atom. The summed E-state index contributed by atoms with van der Waals surface area (Å²) in [7, 11) is 4.02. The number of ether oxygens (including phenoxy) is 1. The molecule has 2 aliphatic rings. The lowest BCUT2D eigenvalue weighted by molar-refractivity contribution is -0.125. The predicted molar refractivity (Wildman–Crippen MR) is 134 cm³/mol. The number of Topliss-reactive ketones (excluding diaryl/α,β-unsaturated/α-hetero) is 1. The molecule has 1 aliphatic carbocycles. The summed E-state index contributed by atoms with van der Waals surface area (Å²) in [5, 5.41) is 0. The Hall–Kier alpha value is -2.09. The first-order valence-electron chi connectivity index (χ1n) is 11.8. The van der Waals surface area contributed by atoms with Gasteiger partial charge in [0.1, 0.15) is 0 Å². The maximum atomic E-state index is 13.9. The molecule has 1 aliphatic heterocycles. The normalized spacial score (nSPS) is 20.5. The Balaban J connectivity index is 2.30. The molecule has 0 saturated carbocycles. The van der Waals surface area contributed by atoms with Crippen molar-refractivity contribution in [1.82, 2.24) is 9.80 Å². The minimum absolute atomic E-state index is 0.118. The zero-order chi connectivity index (χ0) is 23.9. The molecule has 0 spiro atoms. The van der Waals surface area contributed by atoms with Crippen molar-refractivity contribution >= 4 is 5.78 Å². The molecule has 0 amide bonds. The monoisotopic (exact) mass is 438 g/mol. The second kappa shape index (κ2) is 11.2. The molecule has 0 aromatic carbocycles. The number of hydrogen-bond donors (Lipinski definition) is 0. The quantitative estimate of drug-likeness (QED) is 0.343. The fourth-order valence-electron chi connectivity index (χ4n) is 4.50. The zero-order valence-electron chi connectivity index (χ0n) is 21.3. The fraction of sp³-hybridized carbons (Fsp3) is 0.607. The minimum Gasteiger partial charge on any atom is -0.372 e. The molecule has 1 heterocycles. The van der Waals surface area contributed by atoms with Gasteiger partial charge in [-0.25, -0.2) is 0 Å². The molecule has 4 heteroatoms.